The number of halogens is 5. The van der Waals surface area contributed by atoms with Crippen molar-refractivity contribution in [2.45, 2.75) is 26.8 Å². The molecule has 33 heavy (non-hydrogen) atoms. The van der Waals surface area contributed by atoms with Crippen molar-refractivity contribution in [3.8, 4) is 16.9 Å². The van der Waals surface area contributed by atoms with Crippen LogP contribution in [0.5, 0.6) is 5.75 Å². The quantitative estimate of drug-likeness (QED) is 0.431. The molecule has 2 N–H and O–H groups in total. The number of hydrogen-bond acceptors (Lipinski definition) is 4. The van der Waals surface area contributed by atoms with E-state index in [9.17, 15) is 22.8 Å². The second-order valence-corrected chi connectivity index (χ2v) is 7.87. The van der Waals surface area contributed by atoms with Crippen LogP contribution in [0.1, 0.15) is 36.7 Å². The van der Waals surface area contributed by atoms with Crippen molar-refractivity contribution in [1.82, 2.24) is 5.32 Å². The van der Waals surface area contributed by atoms with E-state index in [0.29, 0.717) is 0 Å². The van der Waals surface area contributed by atoms with Gasteiger partial charge in [0.2, 0.25) is 0 Å². The summed E-state index contributed by atoms with van der Waals surface area (Å²) in [6, 6.07) is 5.62. The molecule has 0 unspecified atom stereocenters. The zero-order valence-corrected chi connectivity index (χ0v) is 18.0. The van der Waals surface area contributed by atoms with Crippen LogP contribution in [0.2, 0.25) is 0 Å². The summed E-state index contributed by atoms with van der Waals surface area (Å²) in [7, 11) is 0. The van der Waals surface area contributed by atoms with Gasteiger partial charge in [0.05, 0.1) is 11.1 Å². The Hall–Kier alpha value is -3.47. The molecule has 0 fully saturated rings. The molecule has 0 aliphatic rings. The van der Waals surface area contributed by atoms with Gasteiger partial charge in [0, 0.05) is 6.54 Å². The first-order valence-electron chi connectivity index (χ1n) is 9.33. The Bertz CT molecular complexity index is 1210. The van der Waals surface area contributed by atoms with Crippen molar-refractivity contribution in [1.29, 1.82) is 0 Å². The number of benzene rings is 2. The highest BCUT2D eigenvalue weighted by atomic mass is 32.1. The van der Waals surface area contributed by atoms with Crippen LogP contribution < -0.4 is 10.1 Å². The first-order chi connectivity index (χ1) is 15.4. The standard InChI is InChI=1S/C22H16F5NO4S/c1-10-15(9-28-20(29)14-6-7-33-19(14)21(30)31)11(2)18(24)16(17(10)23)12-4-3-5-13(8-12)32-22(25,26)27/h3-8H,9H2,1-2H3,(H,28,29)(H,30,31). The van der Waals surface area contributed by atoms with E-state index in [0.717, 1.165) is 23.5 Å². The average Bonchev–Trinajstić information content (AvgIpc) is 3.22. The molecule has 0 aliphatic heterocycles. The van der Waals surface area contributed by atoms with Gasteiger partial charge in [-0.05, 0) is 59.7 Å². The van der Waals surface area contributed by atoms with Gasteiger partial charge >= 0.3 is 12.3 Å². The molecule has 2 aromatic carbocycles. The topological polar surface area (TPSA) is 75.6 Å². The van der Waals surface area contributed by atoms with E-state index in [1.165, 1.54) is 37.4 Å². The van der Waals surface area contributed by atoms with Crippen LogP contribution in [0, 0.1) is 25.5 Å². The normalized spacial score (nSPS) is 11.4. The van der Waals surface area contributed by atoms with E-state index >= 15 is 8.78 Å². The molecule has 174 valence electrons. The molecule has 0 aliphatic carbocycles. The number of thiophene rings is 1. The van der Waals surface area contributed by atoms with Crippen LogP contribution >= 0.6 is 11.3 Å². The number of ether oxygens (including phenoxy) is 1. The zero-order chi connectivity index (χ0) is 24.5. The van der Waals surface area contributed by atoms with Gasteiger partial charge in [-0.25, -0.2) is 13.6 Å². The lowest BCUT2D eigenvalue weighted by molar-refractivity contribution is -0.274. The zero-order valence-electron chi connectivity index (χ0n) is 17.1. The fourth-order valence-electron chi connectivity index (χ4n) is 3.30. The average molecular weight is 485 g/mol. The number of carbonyl (C=O) groups is 2. The molecule has 0 atom stereocenters. The number of amides is 1. The summed E-state index contributed by atoms with van der Waals surface area (Å²) in [5.74, 6) is -4.65. The molecule has 3 aromatic rings. The summed E-state index contributed by atoms with van der Waals surface area (Å²) in [6.45, 7) is 2.39. The SMILES string of the molecule is Cc1c(F)c(-c2cccc(OC(F)(F)F)c2)c(F)c(C)c1CNC(=O)c1ccsc1C(=O)O. The van der Waals surface area contributed by atoms with E-state index in [-0.39, 0.29) is 39.2 Å². The van der Waals surface area contributed by atoms with Crippen LogP contribution in [-0.2, 0) is 6.54 Å². The van der Waals surface area contributed by atoms with Crippen LogP contribution in [0.25, 0.3) is 11.1 Å². The van der Waals surface area contributed by atoms with Crippen molar-refractivity contribution >= 4 is 23.2 Å². The van der Waals surface area contributed by atoms with Crippen LogP contribution in [0.4, 0.5) is 22.0 Å². The summed E-state index contributed by atoms with van der Waals surface area (Å²) in [5.41, 5.74) is -0.680. The summed E-state index contributed by atoms with van der Waals surface area (Å²) in [4.78, 5) is 23.4. The minimum Gasteiger partial charge on any atom is -0.477 e. The maximum absolute atomic E-state index is 15.1. The number of carbonyl (C=O) groups excluding carboxylic acids is 1. The number of carboxylic acid groups (broad SMARTS) is 1. The highest BCUT2D eigenvalue weighted by molar-refractivity contribution is 7.12. The highest BCUT2D eigenvalue weighted by Crippen LogP contribution is 2.35. The van der Waals surface area contributed by atoms with Crippen molar-refractivity contribution < 1.29 is 41.4 Å². The third kappa shape index (κ3) is 5.14. The van der Waals surface area contributed by atoms with Gasteiger partial charge in [0.15, 0.2) is 0 Å². The number of alkyl halides is 3. The largest absolute Gasteiger partial charge is 0.573 e. The Balaban J connectivity index is 1.93. The lowest BCUT2D eigenvalue weighted by atomic mass is 9.93. The maximum atomic E-state index is 15.1. The molecular weight excluding hydrogens is 469 g/mol. The molecule has 0 bridgehead atoms. The van der Waals surface area contributed by atoms with Crippen LogP contribution in [-0.4, -0.2) is 23.3 Å². The monoisotopic (exact) mass is 485 g/mol. The molecule has 3 rings (SSSR count). The lowest BCUT2D eigenvalue weighted by Gasteiger charge is -2.18. The molecular formula is C22H16F5NO4S. The predicted octanol–water partition coefficient (Wildman–Crippen LogP) is 5.84. The van der Waals surface area contributed by atoms with E-state index < -0.39 is 41.2 Å². The lowest BCUT2D eigenvalue weighted by Crippen LogP contribution is -2.25. The van der Waals surface area contributed by atoms with Crippen LogP contribution in [0.15, 0.2) is 35.7 Å². The Kier molecular flexibility index (Phi) is 6.73. The fraction of sp³-hybridized carbons (Fsp3) is 0.182. The van der Waals surface area contributed by atoms with Gasteiger partial charge in [0.25, 0.3) is 5.91 Å². The molecule has 0 spiro atoms. The van der Waals surface area contributed by atoms with Gasteiger partial charge in [-0.15, -0.1) is 24.5 Å². The second kappa shape index (κ2) is 9.18. The van der Waals surface area contributed by atoms with Crippen molar-refractivity contribution in [2.75, 3.05) is 0 Å². The Morgan fingerprint density at radius 3 is 2.30 bits per heavy atom. The molecule has 0 saturated heterocycles. The predicted molar refractivity (Wildman–Crippen MR) is 110 cm³/mol. The molecule has 11 heteroatoms. The summed E-state index contributed by atoms with van der Waals surface area (Å²) in [5, 5.41) is 13.0. The third-order valence-corrected chi connectivity index (χ3v) is 5.79. The van der Waals surface area contributed by atoms with E-state index in [1.54, 1.807) is 0 Å². The third-order valence-electron chi connectivity index (χ3n) is 4.89. The Morgan fingerprint density at radius 2 is 1.73 bits per heavy atom. The number of nitrogens with one attached hydrogen (secondary N) is 1. The molecule has 1 aromatic heterocycles. The van der Waals surface area contributed by atoms with Gasteiger partial charge < -0.3 is 15.2 Å². The highest BCUT2D eigenvalue weighted by Gasteiger charge is 2.31. The van der Waals surface area contributed by atoms with Gasteiger partial charge in [-0.1, -0.05) is 12.1 Å². The van der Waals surface area contributed by atoms with E-state index in [2.05, 4.69) is 10.1 Å². The fourth-order valence-corrected chi connectivity index (χ4v) is 4.03. The molecule has 1 amide bonds. The molecule has 0 radical (unpaired) electrons. The van der Waals surface area contributed by atoms with Crippen molar-refractivity contribution in [3.05, 3.63) is 74.5 Å². The number of rotatable bonds is 6. The second-order valence-electron chi connectivity index (χ2n) is 6.96. The summed E-state index contributed by atoms with van der Waals surface area (Å²) < 4.78 is 71.6. The Morgan fingerprint density at radius 1 is 1.09 bits per heavy atom. The van der Waals surface area contributed by atoms with Gasteiger partial charge in [-0.2, -0.15) is 0 Å². The smallest absolute Gasteiger partial charge is 0.477 e. The van der Waals surface area contributed by atoms with Crippen molar-refractivity contribution in [2.24, 2.45) is 0 Å². The van der Waals surface area contributed by atoms with Gasteiger partial charge in [-0.3, -0.25) is 4.79 Å². The van der Waals surface area contributed by atoms with E-state index in [4.69, 9.17) is 5.11 Å². The van der Waals surface area contributed by atoms with Crippen LogP contribution in [0.3, 0.4) is 0 Å². The first kappa shape index (κ1) is 24.2. The van der Waals surface area contributed by atoms with Crippen molar-refractivity contribution in [3.63, 3.8) is 0 Å². The maximum Gasteiger partial charge on any atom is 0.573 e. The van der Waals surface area contributed by atoms with E-state index in [1.807, 2.05) is 0 Å². The molecule has 1 heterocycles. The first-order valence-corrected chi connectivity index (χ1v) is 10.2. The number of aromatic carboxylic acids is 1. The minimum absolute atomic E-state index is 0.0184. The number of hydrogen-bond donors (Lipinski definition) is 2. The molecule has 5 nitrogen and oxygen atoms in total. The minimum atomic E-state index is -4.97. The summed E-state index contributed by atoms with van der Waals surface area (Å²) in [6.07, 6.45) is -4.97. The summed E-state index contributed by atoms with van der Waals surface area (Å²) >= 11 is 0.862. The Labute approximate surface area is 188 Å². The number of carboxylic acids is 1. The molecule has 0 saturated carbocycles. The van der Waals surface area contributed by atoms with Gasteiger partial charge in [0.1, 0.15) is 22.3 Å².